The van der Waals surface area contributed by atoms with Gasteiger partial charge >= 0.3 is 0 Å². The molecule has 3 heteroatoms. The molecule has 0 radical (unpaired) electrons. The number of methoxy groups -OCH3 is 1. The van der Waals surface area contributed by atoms with E-state index in [9.17, 15) is 0 Å². The van der Waals surface area contributed by atoms with Gasteiger partial charge in [0, 0.05) is 5.56 Å². The standard InChI is InChI=1S/C12H16O2S/c1-8-4-9(2)11(13-3)10(5-8)12(15)6-14-7-12/h4-5,15H,6-7H2,1-3H3. The minimum absolute atomic E-state index is 0.165. The van der Waals surface area contributed by atoms with Crippen molar-refractivity contribution < 1.29 is 9.47 Å². The summed E-state index contributed by atoms with van der Waals surface area (Å²) in [5, 5.41) is 0. The van der Waals surface area contributed by atoms with Crippen LogP contribution in [0.4, 0.5) is 0 Å². The number of hydrogen-bond acceptors (Lipinski definition) is 3. The lowest BCUT2D eigenvalue weighted by Gasteiger charge is -2.38. The predicted molar refractivity (Wildman–Crippen MR) is 64.0 cm³/mol. The van der Waals surface area contributed by atoms with Crippen LogP contribution in [0.15, 0.2) is 12.1 Å². The Balaban J connectivity index is 2.53. The van der Waals surface area contributed by atoms with Crippen molar-refractivity contribution >= 4 is 12.6 Å². The van der Waals surface area contributed by atoms with Crippen LogP contribution in [0.25, 0.3) is 0 Å². The smallest absolute Gasteiger partial charge is 0.126 e. The molecular weight excluding hydrogens is 208 g/mol. The van der Waals surface area contributed by atoms with E-state index in [-0.39, 0.29) is 4.75 Å². The molecule has 1 saturated heterocycles. The highest BCUT2D eigenvalue weighted by Crippen LogP contribution is 2.42. The summed E-state index contributed by atoms with van der Waals surface area (Å²) in [6.45, 7) is 5.48. The number of thiol groups is 1. The lowest BCUT2D eigenvalue weighted by Crippen LogP contribution is -2.42. The van der Waals surface area contributed by atoms with Crippen molar-refractivity contribution in [2.24, 2.45) is 0 Å². The summed E-state index contributed by atoms with van der Waals surface area (Å²) in [7, 11) is 1.71. The van der Waals surface area contributed by atoms with Gasteiger partial charge in [-0.05, 0) is 19.4 Å². The first-order valence-corrected chi connectivity index (χ1v) is 5.47. The maximum atomic E-state index is 5.45. The molecule has 2 nitrogen and oxygen atoms in total. The van der Waals surface area contributed by atoms with E-state index in [4.69, 9.17) is 9.47 Å². The molecule has 0 saturated carbocycles. The lowest BCUT2D eigenvalue weighted by atomic mass is 9.92. The molecule has 0 N–H and O–H groups in total. The Morgan fingerprint density at radius 2 is 2.00 bits per heavy atom. The van der Waals surface area contributed by atoms with E-state index in [1.807, 2.05) is 0 Å². The second-order valence-electron chi connectivity index (χ2n) is 4.19. The highest BCUT2D eigenvalue weighted by molar-refractivity contribution is 7.81. The van der Waals surface area contributed by atoms with Crippen LogP contribution in [0.2, 0.25) is 0 Å². The first-order valence-electron chi connectivity index (χ1n) is 5.03. The molecule has 0 aliphatic carbocycles. The maximum Gasteiger partial charge on any atom is 0.126 e. The topological polar surface area (TPSA) is 18.5 Å². The van der Waals surface area contributed by atoms with Gasteiger partial charge in [0.25, 0.3) is 0 Å². The fourth-order valence-electron chi connectivity index (χ4n) is 2.02. The fourth-order valence-corrected chi connectivity index (χ4v) is 2.37. The Labute approximate surface area is 96.0 Å². The van der Waals surface area contributed by atoms with Gasteiger partial charge in [-0.3, -0.25) is 0 Å². The first kappa shape index (κ1) is 10.8. The van der Waals surface area contributed by atoms with Gasteiger partial charge in [0.15, 0.2) is 0 Å². The van der Waals surface area contributed by atoms with Crippen molar-refractivity contribution in [3.63, 3.8) is 0 Å². The van der Waals surface area contributed by atoms with Crippen molar-refractivity contribution in [2.45, 2.75) is 18.6 Å². The predicted octanol–water partition coefficient (Wildman–Crippen LogP) is 2.47. The van der Waals surface area contributed by atoms with Gasteiger partial charge < -0.3 is 9.47 Å². The molecule has 0 aromatic heterocycles. The normalized spacial score (nSPS) is 18.4. The van der Waals surface area contributed by atoms with Crippen LogP contribution in [0.1, 0.15) is 16.7 Å². The van der Waals surface area contributed by atoms with Crippen LogP contribution in [0.5, 0.6) is 5.75 Å². The maximum absolute atomic E-state index is 5.45. The third-order valence-corrected chi connectivity index (χ3v) is 3.31. The van der Waals surface area contributed by atoms with E-state index < -0.39 is 0 Å². The second kappa shape index (κ2) is 3.72. The zero-order valence-corrected chi connectivity index (χ0v) is 10.2. The Morgan fingerprint density at radius 1 is 1.33 bits per heavy atom. The number of hydrogen-bond donors (Lipinski definition) is 1. The van der Waals surface area contributed by atoms with Crippen molar-refractivity contribution in [1.82, 2.24) is 0 Å². The number of rotatable bonds is 2. The van der Waals surface area contributed by atoms with E-state index in [1.165, 1.54) is 5.56 Å². The second-order valence-corrected chi connectivity index (χ2v) is 5.04. The third kappa shape index (κ3) is 1.74. The molecular formula is C12H16O2S. The van der Waals surface area contributed by atoms with E-state index in [2.05, 4.69) is 38.6 Å². The molecule has 1 aliphatic heterocycles. The van der Waals surface area contributed by atoms with Crippen LogP contribution >= 0.6 is 12.6 Å². The Bertz CT molecular complexity index is 383. The first-order chi connectivity index (χ1) is 7.07. The lowest BCUT2D eigenvalue weighted by molar-refractivity contribution is -0.0106. The number of benzene rings is 1. The molecule has 1 aromatic carbocycles. The molecule has 0 amide bonds. The van der Waals surface area contributed by atoms with Gasteiger partial charge in [-0.15, -0.1) is 0 Å². The summed E-state index contributed by atoms with van der Waals surface area (Å²) in [5.74, 6) is 0.943. The molecule has 1 fully saturated rings. The molecule has 1 aliphatic rings. The monoisotopic (exact) mass is 224 g/mol. The van der Waals surface area contributed by atoms with Crippen molar-refractivity contribution in [2.75, 3.05) is 20.3 Å². The molecule has 0 unspecified atom stereocenters. The number of aryl methyl sites for hydroxylation is 2. The molecule has 0 bridgehead atoms. The van der Waals surface area contributed by atoms with Gasteiger partial charge in [-0.25, -0.2) is 0 Å². The molecule has 1 aromatic rings. The summed E-state index contributed by atoms with van der Waals surface area (Å²) < 4.78 is 10.5. The summed E-state index contributed by atoms with van der Waals surface area (Å²) in [5.41, 5.74) is 3.55. The van der Waals surface area contributed by atoms with Crippen molar-refractivity contribution in [3.05, 3.63) is 28.8 Å². The van der Waals surface area contributed by atoms with Crippen LogP contribution < -0.4 is 4.74 Å². The van der Waals surface area contributed by atoms with Crippen LogP contribution in [-0.2, 0) is 9.48 Å². The summed E-state index contributed by atoms with van der Waals surface area (Å²) in [6.07, 6.45) is 0. The van der Waals surface area contributed by atoms with Gasteiger partial charge in [-0.2, -0.15) is 12.6 Å². The van der Waals surface area contributed by atoms with Gasteiger partial charge in [0.1, 0.15) is 5.75 Å². The quantitative estimate of drug-likeness (QED) is 0.778. The summed E-state index contributed by atoms with van der Waals surface area (Å²) in [4.78, 5) is 0. The Morgan fingerprint density at radius 3 is 2.47 bits per heavy atom. The van der Waals surface area contributed by atoms with Crippen LogP contribution in [0.3, 0.4) is 0 Å². The van der Waals surface area contributed by atoms with E-state index >= 15 is 0 Å². The van der Waals surface area contributed by atoms with Gasteiger partial charge in [0.05, 0.1) is 25.1 Å². The zero-order valence-electron chi connectivity index (χ0n) is 9.33. The van der Waals surface area contributed by atoms with E-state index in [0.29, 0.717) is 13.2 Å². The van der Waals surface area contributed by atoms with Crippen molar-refractivity contribution in [3.8, 4) is 5.75 Å². The Kier molecular flexibility index (Phi) is 2.69. The highest BCUT2D eigenvalue weighted by Gasteiger charge is 2.39. The Hall–Kier alpha value is -0.670. The molecule has 15 heavy (non-hydrogen) atoms. The molecule has 82 valence electrons. The minimum Gasteiger partial charge on any atom is -0.496 e. The fraction of sp³-hybridized carbons (Fsp3) is 0.500. The largest absolute Gasteiger partial charge is 0.496 e. The van der Waals surface area contributed by atoms with Crippen molar-refractivity contribution in [1.29, 1.82) is 0 Å². The third-order valence-electron chi connectivity index (χ3n) is 2.81. The SMILES string of the molecule is COc1c(C)cc(C)cc1C1(S)COC1. The zero-order chi connectivity index (χ0) is 11.1. The van der Waals surface area contributed by atoms with E-state index in [0.717, 1.165) is 16.9 Å². The highest BCUT2D eigenvalue weighted by atomic mass is 32.1. The molecule has 0 atom stereocenters. The van der Waals surface area contributed by atoms with Crippen LogP contribution in [-0.4, -0.2) is 20.3 Å². The average Bonchev–Trinajstić information content (AvgIpc) is 2.13. The summed E-state index contributed by atoms with van der Waals surface area (Å²) >= 11 is 4.68. The minimum atomic E-state index is -0.165. The molecule has 0 spiro atoms. The molecule has 2 rings (SSSR count). The number of ether oxygens (including phenoxy) is 2. The van der Waals surface area contributed by atoms with Gasteiger partial charge in [0.2, 0.25) is 0 Å². The summed E-state index contributed by atoms with van der Waals surface area (Å²) in [6, 6.07) is 4.26. The van der Waals surface area contributed by atoms with E-state index in [1.54, 1.807) is 7.11 Å². The average molecular weight is 224 g/mol. The van der Waals surface area contributed by atoms with Gasteiger partial charge in [-0.1, -0.05) is 17.7 Å². The molecule has 1 heterocycles. The van der Waals surface area contributed by atoms with Crippen LogP contribution in [0, 0.1) is 13.8 Å².